The van der Waals surface area contributed by atoms with Gasteiger partial charge in [-0.1, -0.05) is 42.5 Å². The van der Waals surface area contributed by atoms with Crippen molar-refractivity contribution in [3.05, 3.63) is 101 Å². The van der Waals surface area contributed by atoms with Crippen LogP contribution >= 0.6 is 0 Å². The number of hydrogen-bond acceptors (Lipinski definition) is 5. The highest BCUT2D eigenvalue weighted by Gasteiger charge is 2.61. The Balaban J connectivity index is 1.34. The molecular formula is C30H26N2O5. The maximum absolute atomic E-state index is 13.4. The largest absolute Gasteiger partial charge is 0.493 e. The molecule has 0 unspecified atom stereocenters. The number of benzene rings is 3. The van der Waals surface area contributed by atoms with E-state index in [1.165, 1.54) is 6.08 Å². The van der Waals surface area contributed by atoms with Gasteiger partial charge in [0.25, 0.3) is 0 Å². The Morgan fingerprint density at radius 2 is 2.00 bits per heavy atom. The quantitative estimate of drug-likeness (QED) is 0.427. The van der Waals surface area contributed by atoms with E-state index in [0.29, 0.717) is 37.3 Å². The summed E-state index contributed by atoms with van der Waals surface area (Å²) in [4.78, 5) is 24.3. The van der Waals surface area contributed by atoms with Crippen LogP contribution in [0.3, 0.4) is 0 Å². The molecule has 2 N–H and O–H groups in total. The summed E-state index contributed by atoms with van der Waals surface area (Å²) in [5, 5.41) is 21.2. The number of rotatable bonds is 8. The fourth-order valence-corrected chi connectivity index (χ4v) is 5.00. The lowest BCUT2D eigenvalue weighted by molar-refractivity contribution is -0.131. The lowest BCUT2D eigenvalue weighted by Crippen LogP contribution is -2.27. The summed E-state index contributed by atoms with van der Waals surface area (Å²) in [6, 6.07) is 22.8. The molecule has 1 fully saturated rings. The second-order valence-electron chi connectivity index (χ2n) is 9.36. The molecule has 7 nitrogen and oxygen atoms in total. The fraction of sp³-hybridized carbons (Fsp3) is 0.233. The molecule has 2 atom stereocenters. The average molecular weight is 495 g/mol. The van der Waals surface area contributed by atoms with Gasteiger partial charge in [0, 0.05) is 28.7 Å². The molecule has 5 rings (SSSR count). The molecule has 2 aliphatic rings. The summed E-state index contributed by atoms with van der Waals surface area (Å²) in [7, 11) is 0. The number of fused-ring (bicyclic) bond motifs is 2. The number of hydrogen-bond donors (Lipinski definition) is 2. The summed E-state index contributed by atoms with van der Waals surface area (Å²) in [5.41, 5.74) is 3.42. The van der Waals surface area contributed by atoms with E-state index in [-0.39, 0.29) is 17.2 Å². The molecule has 0 saturated heterocycles. The zero-order valence-corrected chi connectivity index (χ0v) is 20.1. The number of allylic oxidation sites excluding steroid dienone is 1. The summed E-state index contributed by atoms with van der Waals surface area (Å²) < 4.78 is 11.9. The Labute approximate surface area is 215 Å². The third-order valence-electron chi connectivity index (χ3n) is 7.03. The van der Waals surface area contributed by atoms with E-state index >= 15 is 0 Å². The van der Waals surface area contributed by atoms with E-state index in [9.17, 15) is 14.9 Å². The molecule has 1 aliphatic carbocycles. The third-order valence-corrected chi connectivity index (χ3v) is 7.03. The molecular weight excluding hydrogens is 468 g/mol. The Hall–Kier alpha value is -4.57. The lowest BCUT2D eigenvalue weighted by atomic mass is 9.87. The van der Waals surface area contributed by atoms with Crippen LogP contribution in [-0.4, -0.2) is 23.6 Å². The molecule has 1 amide bonds. The van der Waals surface area contributed by atoms with Gasteiger partial charge in [0.1, 0.15) is 18.1 Å². The molecule has 0 radical (unpaired) electrons. The molecule has 1 saturated carbocycles. The van der Waals surface area contributed by atoms with E-state index in [0.717, 1.165) is 40.7 Å². The van der Waals surface area contributed by atoms with Crippen LogP contribution in [0, 0.1) is 17.2 Å². The predicted molar refractivity (Wildman–Crippen MR) is 137 cm³/mol. The van der Waals surface area contributed by atoms with Crippen LogP contribution in [0.5, 0.6) is 11.5 Å². The van der Waals surface area contributed by atoms with Crippen molar-refractivity contribution in [2.45, 2.75) is 31.3 Å². The van der Waals surface area contributed by atoms with Gasteiger partial charge in [-0.15, -0.1) is 0 Å². The van der Waals surface area contributed by atoms with Gasteiger partial charge in [0.05, 0.1) is 18.2 Å². The maximum Gasteiger partial charge on any atom is 0.327 e. The van der Waals surface area contributed by atoms with E-state index in [1.807, 2.05) is 48.5 Å². The molecule has 0 aromatic heterocycles. The molecule has 3 aromatic carbocycles. The van der Waals surface area contributed by atoms with Crippen molar-refractivity contribution < 1.29 is 24.2 Å². The Morgan fingerprint density at radius 3 is 2.78 bits per heavy atom. The van der Waals surface area contributed by atoms with Crippen LogP contribution < -0.4 is 14.8 Å². The van der Waals surface area contributed by atoms with Gasteiger partial charge in [0.15, 0.2) is 0 Å². The van der Waals surface area contributed by atoms with Crippen molar-refractivity contribution >= 4 is 17.6 Å². The lowest BCUT2D eigenvalue weighted by Gasteiger charge is -2.27. The average Bonchev–Trinajstić information content (AvgIpc) is 3.63. The van der Waals surface area contributed by atoms with Crippen LogP contribution in [0.2, 0.25) is 0 Å². The highest BCUT2D eigenvalue weighted by molar-refractivity contribution is 5.97. The van der Waals surface area contributed by atoms with Crippen molar-refractivity contribution in [1.29, 1.82) is 5.26 Å². The summed E-state index contributed by atoms with van der Waals surface area (Å²) in [6.45, 7) is 0.988. The number of nitrogens with zero attached hydrogens (tertiary/aromatic N) is 1. The summed E-state index contributed by atoms with van der Waals surface area (Å²) in [6.07, 6.45) is 4.33. The number of aliphatic carboxylic acids is 1. The molecule has 3 aromatic rings. The smallest absolute Gasteiger partial charge is 0.327 e. The van der Waals surface area contributed by atoms with Gasteiger partial charge in [-0.3, -0.25) is 4.79 Å². The summed E-state index contributed by atoms with van der Waals surface area (Å²) in [5.74, 6) is 0.103. The van der Waals surface area contributed by atoms with Crippen molar-refractivity contribution in [3.63, 3.8) is 0 Å². The number of carboxylic acid groups (broad SMARTS) is 1. The maximum atomic E-state index is 13.4. The second-order valence-corrected chi connectivity index (χ2v) is 9.36. The van der Waals surface area contributed by atoms with Crippen molar-refractivity contribution in [2.75, 3.05) is 11.9 Å². The minimum absolute atomic E-state index is 0.123. The van der Waals surface area contributed by atoms with Crippen LogP contribution in [0.4, 0.5) is 5.69 Å². The van der Waals surface area contributed by atoms with Crippen molar-refractivity contribution in [1.82, 2.24) is 0 Å². The van der Waals surface area contributed by atoms with E-state index in [1.54, 1.807) is 18.2 Å². The van der Waals surface area contributed by atoms with Crippen molar-refractivity contribution in [2.24, 2.45) is 5.92 Å². The van der Waals surface area contributed by atoms with Gasteiger partial charge in [-0.2, -0.15) is 5.26 Å². The monoisotopic (exact) mass is 494 g/mol. The third kappa shape index (κ3) is 5.19. The number of carboxylic acids is 1. The molecule has 0 bridgehead atoms. The van der Waals surface area contributed by atoms with Gasteiger partial charge in [0.2, 0.25) is 5.91 Å². The summed E-state index contributed by atoms with van der Waals surface area (Å²) >= 11 is 0. The molecule has 1 aliphatic heterocycles. The first-order chi connectivity index (χ1) is 18.0. The van der Waals surface area contributed by atoms with Gasteiger partial charge in [-0.05, 0) is 60.7 Å². The minimum atomic E-state index is -1.04. The standard InChI is InChI=1S/C30H26N2O5/c31-18-21-9-10-22(7-4-8-28(33)34)26(15-21)32-29(35)25-17-30(25)13-14-36-27-12-11-23(16-24(27)30)37-19-20-5-2-1-3-6-20/h1-6,8-12,15-16,25H,7,13-14,17,19H2,(H,32,35)(H,33,34)/t25-,30-/m0/s1. The van der Waals surface area contributed by atoms with Crippen molar-refractivity contribution in [3.8, 4) is 17.6 Å². The van der Waals surface area contributed by atoms with Gasteiger partial charge < -0.3 is 19.9 Å². The number of nitrogens with one attached hydrogen (secondary N) is 1. The van der Waals surface area contributed by atoms with E-state index in [4.69, 9.17) is 14.6 Å². The Kier molecular flexibility index (Phi) is 6.65. The highest BCUT2D eigenvalue weighted by Crippen LogP contribution is 2.61. The van der Waals surface area contributed by atoms with Gasteiger partial charge >= 0.3 is 5.97 Å². The normalized spacial score (nSPS) is 19.5. The number of carbonyl (C=O) groups is 2. The van der Waals surface area contributed by atoms with E-state index in [2.05, 4.69) is 11.4 Å². The first-order valence-corrected chi connectivity index (χ1v) is 12.2. The first-order valence-electron chi connectivity index (χ1n) is 12.2. The van der Waals surface area contributed by atoms with Crippen LogP contribution in [0.15, 0.2) is 78.9 Å². The second kappa shape index (κ2) is 10.2. The Morgan fingerprint density at radius 1 is 1.16 bits per heavy atom. The number of nitriles is 1. The molecule has 37 heavy (non-hydrogen) atoms. The zero-order chi connectivity index (χ0) is 25.8. The SMILES string of the molecule is N#Cc1ccc(CC=CC(=O)O)c(NC(=O)[C@@H]2C[C@]23CCOc2ccc(OCc4ccccc4)cc23)c1. The Bertz CT molecular complexity index is 1410. The first kappa shape index (κ1) is 24.1. The number of carbonyl (C=O) groups excluding carboxylic acids is 1. The zero-order valence-electron chi connectivity index (χ0n) is 20.1. The van der Waals surface area contributed by atoms with Crippen LogP contribution in [0.25, 0.3) is 0 Å². The number of amides is 1. The highest BCUT2D eigenvalue weighted by atomic mass is 16.5. The molecule has 186 valence electrons. The number of anilines is 1. The predicted octanol–water partition coefficient (Wildman–Crippen LogP) is 5.00. The van der Waals surface area contributed by atoms with Crippen LogP contribution in [-0.2, 0) is 28.0 Å². The van der Waals surface area contributed by atoms with E-state index < -0.39 is 5.97 Å². The molecule has 1 spiro atoms. The van der Waals surface area contributed by atoms with Crippen LogP contribution in [0.1, 0.15) is 35.1 Å². The molecule has 1 heterocycles. The topological polar surface area (TPSA) is 109 Å². The van der Waals surface area contributed by atoms with Gasteiger partial charge in [-0.25, -0.2) is 4.79 Å². The fourth-order valence-electron chi connectivity index (χ4n) is 5.00. The minimum Gasteiger partial charge on any atom is -0.493 e. The number of ether oxygens (including phenoxy) is 2. The molecule has 7 heteroatoms.